The first-order chi connectivity index (χ1) is 14.5. The fourth-order valence-corrected chi connectivity index (χ4v) is 3.86. The monoisotopic (exact) mass is 395 g/mol. The minimum Gasteiger partial charge on any atom is -0.494 e. The molecule has 30 heavy (non-hydrogen) atoms. The van der Waals surface area contributed by atoms with E-state index < -0.39 is 17.1 Å². The van der Waals surface area contributed by atoms with E-state index in [1.54, 1.807) is 18.2 Å². The van der Waals surface area contributed by atoms with Crippen LogP contribution in [0.1, 0.15) is 18.1 Å². The molecule has 0 unspecified atom stereocenters. The van der Waals surface area contributed by atoms with Crippen LogP contribution >= 0.6 is 0 Å². The Morgan fingerprint density at radius 2 is 1.70 bits per heavy atom. The summed E-state index contributed by atoms with van der Waals surface area (Å²) in [7, 11) is 0. The molecule has 1 aliphatic rings. The quantitative estimate of drug-likeness (QED) is 0.537. The van der Waals surface area contributed by atoms with Gasteiger partial charge in [-0.1, -0.05) is 54.6 Å². The van der Waals surface area contributed by atoms with Crippen LogP contribution in [0.25, 0.3) is 28.1 Å². The molecule has 1 aliphatic heterocycles. The number of H-pyrrole nitrogens is 1. The van der Waals surface area contributed by atoms with Crippen LogP contribution in [0.5, 0.6) is 5.88 Å². The maximum Gasteiger partial charge on any atom is 0.335 e. The molecule has 0 amide bonds. The van der Waals surface area contributed by atoms with Gasteiger partial charge in [-0.15, -0.1) is 0 Å². The second-order valence-electron chi connectivity index (χ2n) is 7.10. The number of nitrogens with zero attached hydrogens (tertiary/aromatic N) is 2. The topological polar surface area (TPSA) is 87.4 Å². The van der Waals surface area contributed by atoms with E-state index in [1.807, 2.05) is 61.5 Å². The van der Waals surface area contributed by atoms with Crippen molar-refractivity contribution in [2.24, 2.45) is 4.99 Å². The molecule has 0 fully saturated rings. The molecule has 0 atom stereocenters. The van der Waals surface area contributed by atoms with Crippen molar-refractivity contribution < 1.29 is 5.11 Å². The Hall–Kier alpha value is -4.19. The lowest BCUT2D eigenvalue weighted by Crippen LogP contribution is -2.30. The largest absolute Gasteiger partial charge is 0.494 e. The molecule has 4 aromatic rings. The van der Waals surface area contributed by atoms with Crippen LogP contribution in [-0.4, -0.2) is 20.4 Å². The predicted molar refractivity (Wildman–Crippen MR) is 119 cm³/mol. The van der Waals surface area contributed by atoms with Crippen LogP contribution in [0.4, 0.5) is 5.69 Å². The van der Waals surface area contributed by atoms with Crippen molar-refractivity contribution in [1.29, 1.82) is 0 Å². The number of aliphatic imine (C=N–C) groups is 1. The molecular formula is C24H17N3O3. The molecule has 6 heteroatoms. The van der Waals surface area contributed by atoms with E-state index in [2.05, 4.69) is 9.98 Å². The van der Waals surface area contributed by atoms with Gasteiger partial charge in [0.15, 0.2) is 0 Å². The molecule has 0 spiro atoms. The van der Waals surface area contributed by atoms with Crippen LogP contribution in [0.15, 0.2) is 81.3 Å². The standard InChI is InChI=1S/C24H17N3O3/c1-14-18(17-10-4-5-11-20(17)25-14)13-19-22(28)26-24(30)27(23(19)29)21-12-6-8-15-7-2-3-9-16(15)21/h2-13,29H,1H3,(H,26,28,30). The van der Waals surface area contributed by atoms with Gasteiger partial charge in [0.05, 0.1) is 11.4 Å². The van der Waals surface area contributed by atoms with Crippen molar-refractivity contribution in [3.05, 3.63) is 98.7 Å². The highest BCUT2D eigenvalue weighted by molar-refractivity contribution is 6.31. The average molecular weight is 395 g/mol. The first-order valence-corrected chi connectivity index (χ1v) is 9.48. The lowest BCUT2D eigenvalue weighted by molar-refractivity contribution is 0.430. The molecule has 0 aliphatic carbocycles. The molecule has 1 aromatic heterocycles. The van der Waals surface area contributed by atoms with Gasteiger partial charge < -0.3 is 5.11 Å². The molecule has 0 saturated heterocycles. The third-order valence-electron chi connectivity index (χ3n) is 5.29. The van der Waals surface area contributed by atoms with Crippen LogP contribution in [0.3, 0.4) is 0 Å². The number of hydrogen-bond donors (Lipinski definition) is 2. The summed E-state index contributed by atoms with van der Waals surface area (Å²) in [5, 5.41) is 12.7. The van der Waals surface area contributed by atoms with E-state index in [0.717, 1.165) is 37.9 Å². The number of rotatable bonds is 2. The summed E-state index contributed by atoms with van der Waals surface area (Å²) in [6, 6.07) is 20.6. The van der Waals surface area contributed by atoms with Crippen molar-refractivity contribution in [3.63, 3.8) is 0 Å². The van der Waals surface area contributed by atoms with Crippen molar-refractivity contribution in [2.45, 2.75) is 6.92 Å². The molecule has 0 saturated carbocycles. The smallest absolute Gasteiger partial charge is 0.335 e. The number of aromatic nitrogens is 2. The fourth-order valence-electron chi connectivity index (χ4n) is 3.86. The molecule has 0 radical (unpaired) electrons. The molecule has 6 nitrogen and oxygen atoms in total. The highest BCUT2D eigenvalue weighted by Crippen LogP contribution is 2.36. The van der Waals surface area contributed by atoms with Gasteiger partial charge in [-0.2, -0.15) is 0 Å². The summed E-state index contributed by atoms with van der Waals surface area (Å²) in [5.74, 6) is -0.412. The summed E-state index contributed by atoms with van der Waals surface area (Å²) in [6.07, 6.45) is 1.58. The van der Waals surface area contributed by atoms with Gasteiger partial charge in [-0.3, -0.25) is 14.8 Å². The first kappa shape index (κ1) is 17.9. The SMILES string of the molecule is CC1=Nc2ccccc2C1=Cc1c(O)n(-c2cccc3ccccc23)c(=O)[nH]c1=O. The Labute approximate surface area is 171 Å². The van der Waals surface area contributed by atoms with Crippen LogP contribution in [0, 0.1) is 0 Å². The fraction of sp³-hybridized carbons (Fsp3) is 0.0417. The number of allylic oxidation sites excluding steroid dienone is 1. The zero-order valence-electron chi connectivity index (χ0n) is 16.1. The van der Waals surface area contributed by atoms with Gasteiger partial charge >= 0.3 is 5.69 Å². The summed E-state index contributed by atoms with van der Waals surface area (Å²) in [5.41, 5.74) is 2.28. The number of para-hydroxylation sites is 1. The minimum absolute atomic E-state index is 0.00351. The Bertz CT molecular complexity index is 1500. The Morgan fingerprint density at radius 3 is 2.57 bits per heavy atom. The number of nitrogens with one attached hydrogen (secondary N) is 1. The summed E-state index contributed by atoms with van der Waals surface area (Å²) < 4.78 is 1.13. The first-order valence-electron chi connectivity index (χ1n) is 9.48. The zero-order valence-corrected chi connectivity index (χ0v) is 16.1. The minimum atomic E-state index is -0.701. The van der Waals surface area contributed by atoms with E-state index in [4.69, 9.17) is 0 Å². The molecular weight excluding hydrogens is 378 g/mol. The number of aromatic hydroxyl groups is 1. The van der Waals surface area contributed by atoms with Gasteiger partial charge in [-0.05, 0) is 30.5 Å². The Morgan fingerprint density at radius 1 is 0.967 bits per heavy atom. The molecule has 2 heterocycles. The second kappa shape index (κ2) is 6.70. The van der Waals surface area contributed by atoms with E-state index in [-0.39, 0.29) is 5.56 Å². The van der Waals surface area contributed by atoms with Crippen molar-refractivity contribution >= 4 is 33.8 Å². The van der Waals surface area contributed by atoms with E-state index in [9.17, 15) is 14.7 Å². The summed E-state index contributed by atoms with van der Waals surface area (Å²) in [4.78, 5) is 32.1. The van der Waals surface area contributed by atoms with Gasteiger partial charge in [-0.25, -0.2) is 9.36 Å². The number of aromatic amines is 1. The molecule has 5 rings (SSSR count). The van der Waals surface area contributed by atoms with Gasteiger partial charge in [0.2, 0.25) is 5.88 Å². The second-order valence-corrected chi connectivity index (χ2v) is 7.10. The molecule has 146 valence electrons. The third-order valence-corrected chi connectivity index (χ3v) is 5.29. The van der Waals surface area contributed by atoms with Crippen LogP contribution < -0.4 is 11.2 Å². The average Bonchev–Trinajstić information content (AvgIpc) is 3.06. The van der Waals surface area contributed by atoms with Crippen LogP contribution in [0.2, 0.25) is 0 Å². The van der Waals surface area contributed by atoms with Crippen molar-refractivity contribution in [3.8, 4) is 11.6 Å². The zero-order chi connectivity index (χ0) is 20.8. The summed E-state index contributed by atoms with van der Waals surface area (Å²) in [6.45, 7) is 1.85. The maximum absolute atomic E-state index is 12.7. The lowest BCUT2D eigenvalue weighted by atomic mass is 10.0. The molecule has 3 aromatic carbocycles. The molecule has 0 bridgehead atoms. The number of benzene rings is 3. The van der Waals surface area contributed by atoms with E-state index in [1.165, 1.54) is 0 Å². The maximum atomic E-state index is 12.7. The van der Waals surface area contributed by atoms with Gasteiger partial charge in [0.1, 0.15) is 5.56 Å². The number of hydrogen-bond acceptors (Lipinski definition) is 4. The van der Waals surface area contributed by atoms with E-state index in [0.29, 0.717) is 5.69 Å². The Kier molecular flexibility index (Phi) is 3.99. The van der Waals surface area contributed by atoms with Gasteiger partial charge in [0.25, 0.3) is 5.56 Å². The van der Waals surface area contributed by atoms with Crippen molar-refractivity contribution in [1.82, 2.24) is 9.55 Å². The Balaban J connectivity index is 1.78. The van der Waals surface area contributed by atoms with Crippen LogP contribution in [-0.2, 0) is 0 Å². The molecule has 2 N–H and O–H groups in total. The third kappa shape index (κ3) is 2.69. The lowest BCUT2D eigenvalue weighted by Gasteiger charge is -2.13. The van der Waals surface area contributed by atoms with Gasteiger partial charge in [0, 0.05) is 22.2 Å². The van der Waals surface area contributed by atoms with Crippen molar-refractivity contribution in [2.75, 3.05) is 0 Å². The normalized spacial score (nSPS) is 14.2. The highest BCUT2D eigenvalue weighted by atomic mass is 16.3. The number of fused-ring (bicyclic) bond motifs is 2. The predicted octanol–water partition coefficient (Wildman–Crippen LogP) is 4.03. The van der Waals surface area contributed by atoms with E-state index >= 15 is 0 Å². The highest BCUT2D eigenvalue weighted by Gasteiger charge is 2.21. The summed E-state index contributed by atoms with van der Waals surface area (Å²) >= 11 is 0.